The van der Waals surface area contributed by atoms with Crippen molar-refractivity contribution in [1.82, 2.24) is 9.80 Å². The minimum atomic E-state index is -1.75. The average molecular weight is 474 g/mol. The molecule has 1 heterocycles. The van der Waals surface area contributed by atoms with E-state index >= 15 is 0 Å². The Bertz CT molecular complexity index is 1080. The van der Waals surface area contributed by atoms with Crippen molar-refractivity contribution in [3.63, 3.8) is 0 Å². The Morgan fingerprint density at radius 2 is 1.75 bits per heavy atom. The molecule has 32 heavy (non-hydrogen) atoms. The highest BCUT2D eigenvalue weighted by Crippen LogP contribution is 2.28. The Morgan fingerprint density at radius 3 is 2.38 bits per heavy atom. The molecule has 2 atom stereocenters. The molecule has 2 aromatic carbocycles. The highest BCUT2D eigenvalue weighted by Gasteiger charge is 2.34. The number of nitrogens with one attached hydrogen (secondary N) is 1. The van der Waals surface area contributed by atoms with Crippen LogP contribution in [0, 0.1) is 5.41 Å². The molecule has 1 amide bonds. The molecule has 0 radical (unpaired) electrons. The van der Waals surface area contributed by atoms with Crippen LogP contribution in [0.1, 0.15) is 35.3 Å². The molecule has 168 valence electrons. The van der Waals surface area contributed by atoms with Crippen LogP contribution in [0.2, 0.25) is 5.02 Å². The summed E-state index contributed by atoms with van der Waals surface area (Å²) in [6.07, 6.45) is 0. The van der Waals surface area contributed by atoms with Gasteiger partial charge in [-0.3, -0.25) is 19.9 Å². The number of amides is 1. The first-order chi connectivity index (χ1) is 15.1. The number of ketones is 1. The predicted octanol–water partition coefficient (Wildman–Crippen LogP) is 3.39. The number of thiol groups is 1. The van der Waals surface area contributed by atoms with E-state index in [9.17, 15) is 14.4 Å². The topological polar surface area (TPSA) is 102 Å². The zero-order valence-electron chi connectivity index (χ0n) is 17.7. The fourth-order valence-corrected chi connectivity index (χ4v) is 4.46. The molecule has 2 N–H and O–H groups in total. The van der Waals surface area contributed by atoms with Crippen LogP contribution in [0.4, 0.5) is 0 Å². The van der Waals surface area contributed by atoms with Crippen molar-refractivity contribution in [2.45, 2.75) is 37.4 Å². The second-order valence-corrected chi connectivity index (χ2v) is 8.82. The summed E-state index contributed by atoms with van der Waals surface area (Å²) in [4.78, 5) is 40.3. The summed E-state index contributed by atoms with van der Waals surface area (Å²) in [6, 6.07) is 12.8. The van der Waals surface area contributed by atoms with Crippen molar-refractivity contribution in [2.24, 2.45) is 0 Å². The van der Waals surface area contributed by atoms with Crippen LogP contribution in [0.15, 0.2) is 47.4 Å². The molecule has 0 aliphatic carbocycles. The monoisotopic (exact) mass is 473 g/mol. The minimum Gasteiger partial charge on any atom is -0.475 e. The van der Waals surface area contributed by atoms with E-state index in [-0.39, 0.29) is 39.0 Å². The number of halogens is 1. The fourth-order valence-electron chi connectivity index (χ4n) is 3.83. The molecule has 2 aromatic rings. The number of carbonyl (C=O) groups is 3. The minimum absolute atomic E-state index is 0.0445. The number of rotatable bonds is 6. The van der Waals surface area contributed by atoms with Gasteiger partial charge < -0.3 is 10.0 Å². The van der Waals surface area contributed by atoms with Crippen molar-refractivity contribution in [3.05, 3.63) is 64.2 Å². The molecule has 3 rings (SSSR count). The molecule has 9 heteroatoms. The second-order valence-electron chi connectivity index (χ2n) is 7.93. The van der Waals surface area contributed by atoms with Gasteiger partial charge in [0.25, 0.3) is 11.7 Å². The average Bonchev–Trinajstić information content (AvgIpc) is 2.75. The van der Waals surface area contributed by atoms with Crippen LogP contribution >= 0.6 is 24.2 Å². The number of piperazine rings is 1. The highest BCUT2D eigenvalue weighted by molar-refractivity contribution is 7.80. The van der Waals surface area contributed by atoms with Crippen molar-refractivity contribution >= 4 is 47.6 Å². The summed E-state index contributed by atoms with van der Waals surface area (Å²) >= 11 is 10.5. The number of carboxylic acids is 1. The van der Waals surface area contributed by atoms with Gasteiger partial charge in [0.2, 0.25) is 0 Å². The maximum atomic E-state index is 13.4. The number of hydrogen-bond donors (Lipinski definition) is 3. The lowest BCUT2D eigenvalue weighted by atomic mass is 10.0. The molecule has 0 saturated carbocycles. The molecule has 1 saturated heterocycles. The van der Waals surface area contributed by atoms with Gasteiger partial charge in [0.05, 0.1) is 10.6 Å². The van der Waals surface area contributed by atoms with E-state index in [0.29, 0.717) is 13.1 Å². The van der Waals surface area contributed by atoms with E-state index in [1.165, 1.54) is 17.7 Å². The Balaban J connectivity index is 1.83. The Labute approximate surface area is 196 Å². The highest BCUT2D eigenvalue weighted by atomic mass is 35.5. The van der Waals surface area contributed by atoms with Gasteiger partial charge in [-0.25, -0.2) is 4.79 Å². The summed E-state index contributed by atoms with van der Waals surface area (Å²) in [6.45, 7) is 5.94. The summed E-state index contributed by atoms with van der Waals surface area (Å²) in [5.41, 5.74) is 0.516. The zero-order chi connectivity index (χ0) is 23.6. The number of Topliss-reactive ketones (excluding diaryl/α,β-unsaturated/α-hetero) is 1. The molecule has 0 bridgehead atoms. The van der Waals surface area contributed by atoms with Crippen LogP contribution in [-0.2, 0) is 16.1 Å². The van der Waals surface area contributed by atoms with Crippen LogP contribution in [0.25, 0.3) is 0 Å². The summed E-state index contributed by atoms with van der Waals surface area (Å²) < 4.78 is 0. The van der Waals surface area contributed by atoms with Crippen molar-refractivity contribution in [1.29, 1.82) is 5.41 Å². The molecule has 0 spiro atoms. The number of benzene rings is 2. The lowest BCUT2D eigenvalue weighted by molar-refractivity contribution is -0.145. The van der Waals surface area contributed by atoms with Gasteiger partial charge in [-0.15, -0.1) is 12.6 Å². The molecule has 0 aromatic heterocycles. The van der Waals surface area contributed by atoms with Gasteiger partial charge in [0, 0.05) is 42.2 Å². The molecule has 1 fully saturated rings. The molecule has 0 unspecified atom stereocenters. The van der Waals surface area contributed by atoms with E-state index < -0.39 is 17.5 Å². The summed E-state index contributed by atoms with van der Waals surface area (Å²) in [7, 11) is 0. The number of hydrogen-bond acceptors (Lipinski definition) is 6. The first-order valence-corrected chi connectivity index (χ1v) is 10.9. The van der Waals surface area contributed by atoms with E-state index in [4.69, 9.17) is 22.1 Å². The fraction of sp³-hybridized carbons (Fsp3) is 0.304. The quantitative estimate of drug-likeness (QED) is 0.339. The van der Waals surface area contributed by atoms with Gasteiger partial charge in [-0.1, -0.05) is 41.9 Å². The van der Waals surface area contributed by atoms with Gasteiger partial charge in [-0.05, 0) is 31.5 Å². The molecule has 1 aliphatic heterocycles. The van der Waals surface area contributed by atoms with Crippen molar-refractivity contribution in [3.8, 4) is 0 Å². The number of nitrogens with zero attached hydrogens (tertiary/aromatic N) is 2. The van der Waals surface area contributed by atoms with E-state index in [0.717, 1.165) is 6.54 Å². The number of aliphatic carboxylic acids is 1. The Kier molecular flexibility index (Phi) is 7.38. The molecular formula is C23H24ClN3O4S. The normalized spacial score (nSPS) is 18.9. The van der Waals surface area contributed by atoms with E-state index in [1.54, 1.807) is 4.90 Å². The molecular weight excluding hydrogens is 450 g/mol. The number of carboxylic acid groups (broad SMARTS) is 1. The zero-order valence-corrected chi connectivity index (χ0v) is 19.4. The first kappa shape index (κ1) is 24.0. The Morgan fingerprint density at radius 1 is 1.09 bits per heavy atom. The van der Waals surface area contributed by atoms with Crippen LogP contribution in [0.5, 0.6) is 0 Å². The third-order valence-electron chi connectivity index (χ3n) is 5.61. The van der Waals surface area contributed by atoms with Crippen molar-refractivity contribution < 1.29 is 19.5 Å². The molecule has 7 nitrogen and oxygen atoms in total. The van der Waals surface area contributed by atoms with E-state index in [2.05, 4.69) is 36.6 Å². The third kappa shape index (κ3) is 5.03. The lowest BCUT2D eigenvalue weighted by Crippen LogP contribution is -2.57. The number of carbonyl (C=O) groups excluding carboxylic acids is 2. The predicted molar refractivity (Wildman–Crippen MR) is 125 cm³/mol. The smallest absolute Gasteiger partial charge is 0.378 e. The largest absolute Gasteiger partial charge is 0.475 e. The SMILES string of the molecule is C[C@@H]1CN(Cc2ccccc2)[C@@H](C)CN1C(=O)c1cc(C(=N)C(=O)C(=O)O)c(S)cc1Cl. The maximum absolute atomic E-state index is 13.4. The van der Waals surface area contributed by atoms with Crippen LogP contribution < -0.4 is 0 Å². The van der Waals surface area contributed by atoms with Gasteiger partial charge in [-0.2, -0.15) is 0 Å². The lowest BCUT2D eigenvalue weighted by Gasteiger charge is -2.44. The van der Waals surface area contributed by atoms with Crippen LogP contribution in [-0.4, -0.2) is 63.5 Å². The summed E-state index contributed by atoms with van der Waals surface area (Å²) in [5, 5.41) is 17.0. The maximum Gasteiger partial charge on any atom is 0.378 e. The van der Waals surface area contributed by atoms with Gasteiger partial charge >= 0.3 is 5.97 Å². The van der Waals surface area contributed by atoms with Gasteiger partial charge in [0.1, 0.15) is 5.71 Å². The Hall–Kier alpha value is -2.68. The van der Waals surface area contributed by atoms with Gasteiger partial charge in [0.15, 0.2) is 0 Å². The van der Waals surface area contributed by atoms with Crippen LogP contribution in [0.3, 0.4) is 0 Å². The molecule has 1 aliphatic rings. The first-order valence-electron chi connectivity index (χ1n) is 10.1. The van der Waals surface area contributed by atoms with Crippen molar-refractivity contribution in [2.75, 3.05) is 13.1 Å². The second kappa shape index (κ2) is 9.85. The summed E-state index contributed by atoms with van der Waals surface area (Å²) in [5.74, 6) is -3.46. The van der Waals surface area contributed by atoms with E-state index in [1.807, 2.05) is 25.1 Å². The standard InChI is InChI=1S/C23H24ClN3O4S/c1-13-11-27(14(2)10-26(13)12-15-6-4-3-5-7-15)22(29)16-8-17(19(32)9-18(16)24)20(25)21(28)23(30)31/h3-9,13-14,25,32H,10-12H2,1-2H3,(H,30,31)/t13-,14+/m0/s1. The third-order valence-corrected chi connectivity index (χ3v) is 6.29.